The molecule has 0 amide bonds. The molecule has 0 radical (unpaired) electrons. The van der Waals surface area contributed by atoms with E-state index in [2.05, 4.69) is 17.3 Å². The highest BCUT2D eigenvalue weighted by molar-refractivity contribution is 5.39. The average molecular weight is 287 g/mol. The highest BCUT2D eigenvalue weighted by Crippen LogP contribution is 2.29. The van der Waals surface area contributed by atoms with Crippen LogP contribution >= 0.6 is 0 Å². The SMILES string of the molecule is CCCOc1cccc(C(NN)c2ncccc2OC)c1. The molecule has 112 valence electrons. The van der Waals surface area contributed by atoms with Crippen molar-refractivity contribution < 1.29 is 9.47 Å². The second-order valence-corrected chi connectivity index (χ2v) is 4.61. The Morgan fingerprint density at radius 3 is 2.86 bits per heavy atom. The van der Waals surface area contributed by atoms with Crippen molar-refractivity contribution in [2.75, 3.05) is 13.7 Å². The number of hydrogen-bond acceptors (Lipinski definition) is 5. The molecule has 0 aliphatic rings. The molecule has 0 saturated carbocycles. The van der Waals surface area contributed by atoms with Gasteiger partial charge in [0.15, 0.2) is 0 Å². The fraction of sp³-hybridized carbons (Fsp3) is 0.312. The quantitative estimate of drug-likeness (QED) is 0.604. The Morgan fingerprint density at radius 1 is 1.29 bits per heavy atom. The third-order valence-corrected chi connectivity index (χ3v) is 3.12. The van der Waals surface area contributed by atoms with Crippen LogP contribution < -0.4 is 20.7 Å². The first-order chi connectivity index (χ1) is 10.3. The zero-order chi connectivity index (χ0) is 15.1. The summed E-state index contributed by atoms with van der Waals surface area (Å²) in [7, 11) is 1.62. The average Bonchev–Trinajstić information content (AvgIpc) is 2.54. The number of hydrogen-bond donors (Lipinski definition) is 2. The lowest BCUT2D eigenvalue weighted by Crippen LogP contribution is -2.29. The first-order valence-corrected chi connectivity index (χ1v) is 6.98. The summed E-state index contributed by atoms with van der Waals surface area (Å²) < 4.78 is 11.0. The lowest BCUT2D eigenvalue weighted by molar-refractivity contribution is 0.317. The van der Waals surface area contributed by atoms with E-state index in [0.29, 0.717) is 12.4 Å². The number of nitrogens with one attached hydrogen (secondary N) is 1. The van der Waals surface area contributed by atoms with E-state index < -0.39 is 0 Å². The van der Waals surface area contributed by atoms with Crippen molar-refractivity contribution in [1.82, 2.24) is 10.4 Å². The van der Waals surface area contributed by atoms with Crippen LogP contribution in [0.2, 0.25) is 0 Å². The minimum Gasteiger partial charge on any atom is -0.495 e. The molecule has 1 aromatic heterocycles. The van der Waals surface area contributed by atoms with Gasteiger partial charge >= 0.3 is 0 Å². The molecule has 0 aliphatic carbocycles. The number of aromatic nitrogens is 1. The third-order valence-electron chi connectivity index (χ3n) is 3.12. The summed E-state index contributed by atoms with van der Waals surface area (Å²) in [6.07, 6.45) is 2.69. The van der Waals surface area contributed by atoms with E-state index in [1.54, 1.807) is 13.3 Å². The van der Waals surface area contributed by atoms with Gasteiger partial charge in [-0.25, -0.2) is 5.43 Å². The van der Waals surface area contributed by atoms with Gasteiger partial charge in [-0.15, -0.1) is 0 Å². The van der Waals surface area contributed by atoms with Gasteiger partial charge in [0.05, 0.1) is 19.8 Å². The normalized spacial score (nSPS) is 12.0. The van der Waals surface area contributed by atoms with E-state index in [9.17, 15) is 0 Å². The monoisotopic (exact) mass is 287 g/mol. The number of hydrazine groups is 1. The summed E-state index contributed by atoms with van der Waals surface area (Å²) in [4.78, 5) is 4.38. The molecule has 0 bridgehead atoms. The Balaban J connectivity index is 2.32. The molecule has 0 saturated heterocycles. The maximum absolute atomic E-state index is 5.72. The Kier molecular flexibility index (Phi) is 5.54. The molecular weight excluding hydrogens is 266 g/mol. The number of methoxy groups -OCH3 is 1. The summed E-state index contributed by atoms with van der Waals surface area (Å²) in [5.74, 6) is 7.24. The molecule has 1 unspecified atom stereocenters. The zero-order valence-electron chi connectivity index (χ0n) is 12.4. The molecule has 1 heterocycles. The van der Waals surface area contributed by atoms with E-state index >= 15 is 0 Å². The second kappa shape index (κ2) is 7.61. The molecular formula is C16H21N3O2. The first kappa shape index (κ1) is 15.3. The van der Waals surface area contributed by atoms with Crippen LogP contribution in [0.5, 0.6) is 11.5 Å². The van der Waals surface area contributed by atoms with Crippen LogP contribution in [-0.2, 0) is 0 Å². The molecule has 0 spiro atoms. The van der Waals surface area contributed by atoms with Gasteiger partial charge in [0.2, 0.25) is 0 Å². The lowest BCUT2D eigenvalue weighted by atomic mass is 10.0. The molecule has 2 rings (SSSR count). The Bertz CT molecular complexity index is 575. The summed E-state index contributed by atoms with van der Waals surface area (Å²) >= 11 is 0. The molecule has 21 heavy (non-hydrogen) atoms. The van der Waals surface area contributed by atoms with Crippen molar-refractivity contribution in [3.8, 4) is 11.5 Å². The van der Waals surface area contributed by atoms with Crippen LogP contribution in [0.1, 0.15) is 30.6 Å². The third kappa shape index (κ3) is 3.71. The minimum atomic E-state index is -0.258. The van der Waals surface area contributed by atoms with Crippen molar-refractivity contribution in [3.05, 3.63) is 53.9 Å². The van der Waals surface area contributed by atoms with Crippen molar-refractivity contribution in [3.63, 3.8) is 0 Å². The van der Waals surface area contributed by atoms with Crippen LogP contribution in [0.15, 0.2) is 42.6 Å². The van der Waals surface area contributed by atoms with E-state index in [0.717, 1.165) is 23.4 Å². The van der Waals surface area contributed by atoms with Gasteiger partial charge in [-0.3, -0.25) is 10.8 Å². The zero-order valence-corrected chi connectivity index (χ0v) is 12.4. The van der Waals surface area contributed by atoms with Crippen molar-refractivity contribution >= 4 is 0 Å². The van der Waals surface area contributed by atoms with Gasteiger partial charge in [0, 0.05) is 6.20 Å². The van der Waals surface area contributed by atoms with Crippen LogP contribution in [0.4, 0.5) is 0 Å². The molecule has 5 heteroatoms. The number of nitrogens with zero attached hydrogens (tertiary/aromatic N) is 1. The van der Waals surface area contributed by atoms with Crippen LogP contribution in [0.3, 0.4) is 0 Å². The second-order valence-electron chi connectivity index (χ2n) is 4.61. The van der Waals surface area contributed by atoms with Crippen molar-refractivity contribution in [2.24, 2.45) is 5.84 Å². The van der Waals surface area contributed by atoms with Gasteiger partial charge in [-0.1, -0.05) is 19.1 Å². The molecule has 1 atom stereocenters. The largest absolute Gasteiger partial charge is 0.495 e. The van der Waals surface area contributed by atoms with Gasteiger partial charge in [0.1, 0.15) is 17.2 Å². The molecule has 3 N–H and O–H groups in total. The summed E-state index contributed by atoms with van der Waals surface area (Å²) in [5.41, 5.74) is 4.52. The number of nitrogens with two attached hydrogens (primary N) is 1. The van der Waals surface area contributed by atoms with Crippen molar-refractivity contribution in [1.29, 1.82) is 0 Å². The first-order valence-electron chi connectivity index (χ1n) is 6.98. The van der Waals surface area contributed by atoms with Crippen LogP contribution in [-0.4, -0.2) is 18.7 Å². The lowest BCUT2D eigenvalue weighted by Gasteiger charge is -2.19. The van der Waals surface area contributed by atoms with Gasteiger partial charge < -0.3 is 9.47 Å². The summed E-state index contributed by atoms with van der Waals surface area (Å²) in [6.45, 7) is 2.77. The van der Waals surface area contributed by atoms with Crippen molar-refractivity contribution in [2.45, 2.75) is 19.4 Å². The predicted molar refractivity (Wildman–Crippen MR) is 82.2 cm³/mol. The fourth-order valence-electron chi connectivity index (χ4n) is 2.13. The number of pyridine rings is 1. The summed E-state index contributed by atoms with van der Waals surface area (Å²) in [6, 6.07) is 11.3. The van der Waals surface area contributed by atoms with Gasteiger partial charge in [0.25, 0.3) is 0 Å². The maximum Gasteiger partial charge on any atom is 0.142 e. The molecule has 0 fully saturated rings. The molecule has 5 nitrogen and oxygen atoms in total. The standard InChI is InChI=1S/C16H21N3O2/c1-3-10-21-13-7-4-6-12(11-13)15(19-17)16-14(20-2)8-5-9-18-16/h4-9,11,15,19H,3,10,17H2,1-2H3. The highest BCUT2D eigenvalue weighted by atomic mass is 16.5. The number of ether oxygens (including phenoxy) is 2. The smallest absolute Gasteiger partial charge is 0.142 e. The van der Waals surface area contributed by atoms with E-state index in [1.807, 2.05) is 36.4 Å². The van der Waals surface area contributed by atoms with Gasteiger partial charge in [-0.05, 0) is 36.2 Å². The van der Waals surface area contributed by atoms with Gasteiger partial charge in [-0.2, -0.15) is 0 Å². The molecule has 0 aliphatic heterocycles. The molecule has 1 aromatic carbocycles. The van der Waals surface area contributed by atoms with E-state index in [1.165, 1.54) is 0 Å². The highest BCUT2D eigenvalue weighted by Gasteiger charge is 2.18. The Hall–Kier alpha value is -2.11. The topological polar surface area (TPSA) is 69.4 Å². The van der Waals surface area contributed by atoms with E-state index in [4.69, 9.17) is 15.3 Å². The summed E-state index contributed by atoms with van der Waals surface area (Å²) in [5, 5.41) is 0. The van der Waals surface area contributed by atoms with Crippen LogP contribution in [0.25, 0.3) is 0 Å². The fourth-order valence-corrected chi connectivity index (χ4v) is 2.13. The molecule has 2 aromatic rings. The Labute approximate surface area is 125 Å². The number of rotatable bonds is 7. The minimum absolute atomic E-state index is 0.258. The maximum atomic E-state index is 5.72. The van der Waals surface area contributed by atoms with Crippen LogP contribution in [0, 0.1) is 0 Å². The van der Waals surface area contributed by atoms with E-state index in [-0.39, 0.29) is 6.04 Å². The predicted octanol–water partition coefficient (Wildman–Crippen LogP) is 2.43. The Morgan fingerprint density at radius 2 is 2.14 bits per heavy atom. The number of benzene rings is 1.